The number of nitrogens with zero attached hydrogens (tertiary/aromatic N) is 1. The number of benzene rings is 1. The van der Waals surface area contributed by atoms with Gasteiger partial charge in [0, 0.05) is 18.4 Å². The molecule has 1 aromatic carbocycles. The minimum Gasteiger partial charge on any atom is -0.369 e. The summed E-state index contributed by atoms with van der Waals surface area (Å²) in [6, 6.07) is 11.4. The molecule has 2 rings (SSSR count). The van der Waals surface area contributed by atoms with Crippen LogP contribution >= 0.6 is 0 Å². The Morgan fingerprint density at radius 1 is 1.14 bits per heavy atom. The third kappa shape index (κ3) is 4.05. The number of pyridine rings is 1. The SMILES string of the molecule is CCCNc1ncccc1C(=O)Nc1ccc(CC)cc1. The smallest absolute Gasteiger partial charge is 0.259 e. The molecule has 110 valence electrons. The summed E-state index contributed by atoms with van der Waals surface area (Å²) in [4.78, 5) is 16.6. The van der Waals surface area contributed by atoms with E-state index in [-0.39, 0.29) is 5.91 Å². The second-order valence-electron chi connectivity index (χ2n) is 4.83. The molecule has 0 spiro atoms. The van der Waals surface area contributed by atoms with E-state index in [1.807, 2.05) is 24.3 Å². The molecule has 1 amide bonds. The minimum atomic E-state index is -0.147. The maximum atomic E-state index is 12.4. The molecule has 2 aromatic rings. The van der Waals surface area contributed by atoms with Gasteiger partial charge in [0.2, 0.25) is 0 Å². The fourth-order valence-electron chi connectivity index (χ4n) is 2.00. The second kappa shape index (κ2) is 7.43. The Morgan fingerprint density at radius 2 is 1.90 bits per heavy atom. The zero-order chi connectivity index (χ0) is 15.1. The first-order chi connectivity index (χ1) is 10.2. The van der Waals surface area contributed by atoms with Crippen molar-refractivity contribution in [3.05, 3.63) is 53.7 Å². The fraction of sp³-hybridized carbons (Fsp3) is 0.294. The van der Waals surface area contributed by atoms with Crippen molar-refractivity contribution < 1.29 is 4.79 Å². The van der Waals surface area contributed by atoms with E-state index < -0.39 is 0 Å². The van der Waals surface area contributed by atoms with Crippen LogP contribution in [0.2, 0.25) is 0 Å². The summed E-state index contributed by atoms with van der Waals surface area (Å²) in [7, 11) is 0. The fourth-order valence-corrected chi connectivity index (χ4v) is 2.00. The Kier molecular flexibility index (Phi) is 5.32. The molecular weight excluding hydrogens is 262 g/mol. The molecule has 0 unspecified atom stereocenters. The van der Waals surface area contributed by atoms with Gasteiger partial charge in [0.05, 0.1) is 5.56 Å². The summed E-state index contributed by atoms with van der Waals surface area (Å²) in [5, 5.41) is 6.08. The molecule has 4 heteroatoms. The van der Waals surface area contributed by atoms with Crippen LogP contribution in [0.25, 0.3) is 0 Å². The van der Waals surface area contributed by atoms with Crippen molar-refractivity contribution in [1.82, 2.24) is 4.98 Å². The molecule has 1 aromatic heterocycles. The first-order valence-corrected chi connectivity index (χ1v) is 7.33. The molecule has 0 aliphatic carbocycles. The molecular formula is C17H21N3O. The number of carbonyl (C=O) groups is 1. The second-order valence-corrected chi connectivity index (χ2v) is 4.83. The highest BCUT2D eigenvalue weighted by Crippen LogP contribution is 2.15. The Labute approximate surface area is 125 Å². The van der Waals surface area contributed by atoms with Gasteiger partial charge in [0.15, 0.2) is 0 Å². The zero-order valence-electron chi connectivity index (χ0n) is 12.5. The van der Waals surface area contributed by atoms with E-state index in [1.165, 1.54) is 5.56 Å². The highest BCUT2D eigenvalue weighted by molar-refractivity contribution is 6.07. The average Bonchev–Trinajstić information content (AvgIpc) is 2.54. The highest BCUT2D eigenvalue weighted by atomic mass is 16.1. The van der Waals surface area contributed by atoms with Crippen LogP contribution in [0.4, 0.5) is 11.5 Å². The van der Waals surface area contributed by atoms with Crippen LogP contribution in [0.15, 0.2) is 42.6 Å². The third-order valence-electron chi connectivity index (χ3n) is 3.21. The Hall–Kier alpha value is -2.36. The highest BCUT2D eigenvalue weighted by Gasteiger charge is 2.11. The van der Waals surface area contributed by atoms with Gasteiger partial charge in [-0.25, -0.2) is 4.98 Å². The lowest BCUT2D eigenvalue weighted by Crippen LogP contribution is -2.16. The summed E-state index contributed by atoms with van der Waals surface area (Å²) >= 11 is 0. The standard InChI is InChI=1S/C17H21N3O/c1-3-11-18-16-15(6-5-12-19-16)17(21)20-14-9-7-13(4-2)8-10-14/h5-10,12H,3-4,11H2,1-2H3,(H,18,19)(H,20,21). The predicted octanol–water partition coefficient (Wildman–Crippen LogP) is 3.72. The van der Waals surface area contributed by atoms with Gasteiger partial charge in [-0.1, -0.05) is 26.0 Å². The molecule has 0 aliphatic heterocycles. The van der Waals surface area contributed by atoms with E-state index in [4.69, 9.17) is 0 Å². The first-order valence-electron chi connectivity index (χ1n) is 7.33. The van der Waals surface area contributed by atoms with E-state index in [0.29, 0.717) is 11.4 Å². The molecule has 2 N–H and O–H groups in total. The van der Waals surface area contributed by atoms with Crippen LogP contribution < -0.4 is 10.6 Å². The molecule has 1 heterocycles. The Balaban J connectivity index is 2.12. The number of carbonyl (C=O) groups excluding carboxylic acids is 1. The molecule has 0 saturated heterocycles. The molecule has 0 saturated carbocycles. The van der Waals surface area contributed by atoms with Crippen LogP contribution in [-0.4, -0.2) is 17.4 Å². The van der Waals surface area contributed by atoms with Gasteiger partial charge in [-0.15, -0.1) is 0 Å². The summed E-state index contributed by atoms with van der Waals surface area (Å²) in [6.07, 6.45) is 3.66. The Morgan fingerprint density at radius 3 is 2.57 bits per heavy atom. The van der Waals surface area contributed by atoms with Crippen molar-refractivity contribution in [2.45, 2.75) is 26.7 Å². The van der Waals surface area contributed by atoms with Gasteiger partial charge in [-0.05, 0) is 42.7 Å². The van der Waals surface area contributed by atoms with Crippen LogP contribution in [0, 0.1) is 0 Å². The van der Waals surface area contributed by atoms with E-state index in [1.54, 1.807) is 18.3 Å². The van der Waals surface area contributed by atoms with Gasteiger partial charge in [-0.3, -0.25) is 4.79 Å². The van der Waals surface area contributed by atoms with Crippen molar-refractivity contribution in [2.24, 2.45) is 0 Å². The molecule has 4 nitrogen and oxygen atoms in total. The largest absolute Gasteiger partial charge is 0.369 e. The van der Waals surface area contributed by atoms with Gasteiger partial charge >= 0.3 is 0 Å². The molecule has 0 atom stereocenters. The summed E-state index contributed by atoms with van der Waals surface area (Å²) in [5.41, 5.74) is 2.60. The van der Waals surface area contributed by atoms with Crippen molar-refractivity contribution in [3.63, 3.8) is 0 Å². The van der Waals surface area contributed by atoms with E-state index in [0.717, 1.165) is 25.1 Å². The van der Waals surface area contributed by atoms with E-state index >= 15 is 0 Å². The summed E-state index contributed by atoms with van der Waals surface area (Å²) in [5.74, 6) is 0.480. The maximum absolute atomic E-state index is 12.4. The van der Waals surface area contributed by atoms with E-state index in [9.17, 15) is 4.79 Å². The Bertz CT molecular complexity index is 593. The number of amides is 1. The number of hydrogen-bond donors (Lipinski definition) is 2. The third-order valence-corrected chi connectivity index (χ3v) is 3.21. The average molecular weight is 283 g/mol. The van der Waals surface area contributed by atoms with Gasteiger partial charge in [0.1, 0.15) is 5.82 Å². The normalized spacial score (nSPS) is 10.2. The molecule has 0 fully saturated rings. The number of anilines is 2. The van der Waals surface area contributed by atoms with Crippen LogP contribution in [0.3, 0.4) is 0 Å². The summed E-state index contributed by atoms with van der Waals surface area (Å²) < 4.78 is 0. The quantitative estimate of drug-likeness (QED) is 0.849. The number of aryl methyl sites for hydroxylation is 1. The topological polar surface area (TPSA) is 54.0 Å². The number of hydrogen-bond acceptors (Lipinski definition) is 3. The van der Waals surface area contributed by atoms with Crippen molar-refractivity contribution in [1.29, 1.82) is 0 Å². The number of aromatic nitrogens is 1. The zero-order valence-corrected chi connectivity index (χ0v) is 12.5. The van der Waals surface area contributed by atoms with Crippen LogP contribution in [0.1, 0.15) is 36.2 Å². The molecule has 0 radical (unpaired) electrons. The van der Waals surface area contributed by atoms with Crippen molar-refractivity contribution in [2.75, 3.05) is 17.2 Å². The van der Waals surface area contributed by atoms with Crippen LogP contribution in [0.5, 0.6) is 0 Å². The molecule has 0 bridgehead atoms. The van der Waals surface area contributed by atoms with Gasteiger partial charge in [-0.2, -0.15) is 0 Å². The van der Waals surface area contributed by atoms with Gasteiger partial charge < -0.3 is 10.6 Å². The van der Waals surface area contributed by atoms with Crippen molar-refractivity contribution >= 4 is 17.4 Å². The molecule has 0 aliphatic rings. The number of rotatable bonds is 6. The minimum absolute atomic E-state index is 0.147. The first kappa shape index (κ1) is 15.0. The predicted molar refractivity (Wildman–Crippen MR) is 86.8 cm³/mol. The van der Waals surface area contributed by atoms with Crippen LogP contribution in [-0.2, 0) is 6.42 Å². The number of nitrogens with one attached hydrogen (secondary N) is 2. The maximum Gasteiger partial charge on any atom is 0.259 e. The van der Waals surface area contributed by atoms with E-state index in [2.05, 4.69) is 29.5 Å². The molecule has 21 heavy (non-hydrogen) atoms. The van der Waals surface area contributed by atoms with Crippen molar-refractivity contribution in [3.8, 4) is 0 Å². The van der Waals surface area contributed by atoms with Gasteiger partial charge in [0.25, 0.3) is 5.91 Å². The lowest BCUT2D eigenvalue weighted by atomic mass is 10.1. The lowest BCUT2D eigenvalue weighted by Gasteiger charge is -2.10. The summed E-state index contributed by atoms with van der Waals surface area (Å²) in [6.45, 7) is 4.97. The monoisotopic (exact) mass is 283 g/mol. The lowest BCUT2D eigenvalue weighted by molar-refractivity contribution is 0.102.